The van der Waals surface area contributed by atoms with Gasteiger partial charge in [0.05, 0.1) is 26.3 Å². The van der Waals surface area contributed by atoms with E-state index in [0.717, 1.165) is 33.6 Å². The van der Waals surface area contributed by atoms with Gasteiger partial charge in [-0.3, -0.25) is 9.59 Å². The fourth-order valence-corrected chi connectivity index (χ4v) is 4.29. The van der Waals surface area contributed by atoms with E-state index in [2.05, 4.69) is 15.7 Å². The second kappa shape index (κ2) is 8.97. The van der Waals surface area contributed by atoms with Gasteiger partial charge in [0.25, 0.3) is 5.91 Å². The SMILES string of the molecule is CCc1nn2c(c1-c1ccc(OC)c(OC)c1)NC(=O)C2CC(=O)Nc1cc(C)cc(C)c1. The zero-order valence-corrected chi connectivity index (χ0v) is 19.5. The van der Waals surface area contributed by atoms with E-state index < -0.39 is 6.04 Å². The number of aryl methyl sites for hydroxylation is 3. The average molecular weight is 449 g/mol. The Morgan fingerprint density at radius 2 is 1.79 bits per heavy atom. The number of carbonyl (C=O) groups excluding carboxylic acids is 2. The third-order valence-corrected chi connectivity index (χ3v) is 5.71. The Morgan fingerprint density at radius 3 is 2.42 bits per heavy atom. The number of nitrogens with one attached hydrogen (secondary N) is 2. The van der Waals surface area contributed by atoms with E-state index in [0.29, 0.717) is 23.7 Å². The van der Waals surface area contributed by atoms with Crippen LogP contribution in [0.4, 0.5) is 11.5 Å². The van der Waals surface area contributed by atoms with E-state index >= 15 is 0 Å². The second-order valence-electron chi connectivity index (χ2n) is 8.17. The van der Waals surface area contributed by atoms with Crippen LogP contribution >= 0.6 is 0 Å². The van der Waals surface area contributed by atoms with Crippen LogP contribution in [0.1, 0.15) is 36.2 Å². The predicted octanol–water partition coefficient (Wildman–Crippen LogP) is 4.27. The fraction of sp³-hybridized carbons (Fsp3) is 0.320. The molecule has 2 N–H and O–H groups in total. The molecule has 1 atom stereocenters. The monoisotopic (exact) mass is 448 g/mol. The normalized spacial score (nSPS) is 14.6. The van der Waals surface area contributed by atoms with Gasteiger partial charge in [-0.05, 0) is 61.2 Å². The third kappa shape index (κ3) is 4.28. The molecule has 1 unspecified atom stereocenters. The lowest BCUT2D eigenvalue weighted by Crippen LogP contribution is -2.24. The van der Waals surface area contributed by atoms with Crippen molar-refractivity contribution in [3.8, 4) is 22.6 Å². The largest absolute Gasteiger partial charge is 0.493 e. The van der Waals surface area contributed by atoms with Gasteiger partial charge in [-0.1, -0.05) is 19.1 Å². The van der Waals surface area contributed by atoms with Crippen molar-refractivity contribution < 1.29 is 19.1 Å². The molecule has 1 aliphatic heterocycles. The van der Waals surface area contributed by atoms with Crippen molar-refractivity contribution in [2.45, 2.75) is 39.7 Å². The quantitative estimate of drug-likeness (QED) is 0.563. The highest BCUT2D eigenvalue weighted by atomic mass is 16.5. The lowest BCUT2D eigenvalue weighted by molar-refractivity contribution is -0.123. The molecule has 172 valence electrons. The van der Waals surface area contributed by atoms with Crippen molar-refractivity contribution in [3.05, 3.63) is 53.2 Å². The number of fused-ring (bicyclic) bond motifs is 1. The standard InChI is InChI=1S/C25H28N4O4/c1-6-18-23(16-7-8-20(32-4)21(12-16)33-5)24-27-25(31)19(29(24)28-18)13-22(30)26-17-10-14(2)9-15(3)11-17/h7-12,19H,6,13H2,1-5H3,(H,26,30)(H,27,31). The molecule has 2 amide bonds. The summed E-state index contributed by atoms with van der Waals surface area (Å²) in [6.45, 7) is 5.96. The zero-order valence-electron chi connectivity index (χ0n) is 19.5. The van der Waals surface area contributed by atoms with E-state index in [1.165, 1.54) is 0 Å². The minimum absolute atomic E-state index is 0.0119. The van der Waals surface area contributed by atoms with Gasteiger partial charge in [0, 0.05) is 11.3 Å². The van der Waals surface area contributed by atoms with Gasteiger partial charge < -0.3 is 20.1 Å². The summed E-state index contributed by atoms with van der Waals surface area (Å²) >= 11 is 0. The molecular formula is C25H28N4O4. The molecule has 8 nitrogen and oxygen atoms in total. The first-order valence-electron chi connectivity index (χ1n) is 10.9. The summed E-state index contributed by atoms with van der Waals surface area (Å²) in [5.74, 6) is 1.30. The molecule has 4 rings (SSSR count). The second-order valence-corrected chi connectivity index (χ2v) is 8.17. The number of ether oxygens (including phenoxy) is 2. The van der Waals surface area contributed by atoms with Crippen LogP contribution in [0.2, 0.25) is 0 Å². The number of carbonyl (C=O) groups is 2. The maximum atomic E-state index is 12.8. The lowest BCUT2D eigenvalue weighted by Gasteiger charge is -2.11. The number of anilines is 2. The topological polar surface area (TPSA) is 94.5 Å². The summed E-state index contributed by atoms with van der Waals surface area (Å²) in [4.78, 5) is 25.6. The Kier molecular flexibility index (Phi) is 6.09. The summed E-state index contributed by atoms with van der Waals surface area (Å²) in [5.41, 5.74) is 5.35. The van der Waals surface area contributed by atoms with Crippen molar-refractivity contribution in [1.82, 2.24) is 9.78 Å². The summed E-state index contributed by atoms with van der Waals surface area (Å²) in [7, 11) is 3.16. The molecule has 1 aromatic heterocycles. The molecule has 33 heavy (non-hydrogen) atoms. The summed E-state index contributed by atoms with van der Waals surface area (Å²) in [5, 5.41) is 10.5. The number of nitrogens with zero attached hydrogens (tertiary/aromatic N) is 2. The third-order valence-electron chi connectivity index (χ3n) is 5.71. The maximum Gasteiger partial charge on any atom is 0.251 e. The molecule has 2 heterocycles. The number of benzene rings is 2. The summed E-state index contributed by atoms with van der Waals surface area (Å²) in [6, 6.07) is 10.7. The average Bonchev–Trinajstić information content (AvgIpc) is 3.27. The Labute approximate surface area is 192 Å². The highest BCUT2D eigenvalue weighted by Gasteiger charge is 2.37. The first-order valence-corrected chi connectivity index (χ1v) is 10.9. The smallest absolute Gasteiger partial charge is 0.251 e. The van der Waals surface area contributed by atoms with Crippen molar-refractivity contribution in [3.63, 3.8) is 0 Å². The van der Waals surface area contributed by atoms with Crippen molar-refractivity contribution in [2.75, 3.05) is 24.9 Å². The van der Waals surface area contributed by atoms with E-state index in [-0.39, 0.29) is 18.2 Å². The Hall–Kier alpha value is -3.81. The molecule has 0 saturated heterocycles. The molecule has 0 saturated carbocycles. The van der Waals surface area contributed by atoms with Crippen LogP contribution in [0.25, 0.3) is 11.1 Å². The van der Waals surface area contributed by atoms with E-state index in [1.54, 1.807) is 18.9 Å². The van der Waals surface area contributed by atoms with E-state index in [4.69, 9.17) is 9.47 Å². The van der Waals surface area contributed by atoms with Crippen LogP contribution in [0.5, 0.6) is 11.5 Å². The minimum atomic E-state index is -0.717. The van der Waals surface area contributed by atoms with Gasteiger partial charge in [0.15, 0.2) is 11.5 Å². The maximum absolute atomic E-state index is 12.8. The highest BCUT2D eigenvalue weighted by molar-refractivity contribution is 6.04. The van der Waals surface area contributed by atoms with E-state index in [1.807, 2.05) is 57.2 Å². The van der Waals surface area contributed by atoms with Gasteiger partial charge in [0.1, 0.15) is 11.9 Å². The molecule has 0 spiro atoms. The number of methoxy groups -OCH3 is 2. The lowest BCUT2D eigenvalue weighted by atomic mass is 10.0. The Morgan fingerprint density at radius 1 is 1.09 bits per heavy atom. The molecule has 2 aromatic carbocycles. The van der Waals surface area contributed by atoms with Crippen LogP contribution in [0.15, 0.2) is 36.4 Å². The first kappa shape index (κ1) is 22.4. The molecule has 1 aliphatic rings. The van der Waals surface area contributed by atoms with Gasteiger partial charge >= 0.3 is 0 Å². The molecule has 3 aromatic rings. The molecular weight excluding hydrogens is 420 g/mol. The number of rotatable bonds is 7. The number of aromatic nitrogens is 2. The van der Waals surface area contributed by atoms with Crippen LogP contribution in [0.3, 0.4) is 0 Å². The molecule has 0 radical (unpaired) electrons. The molecule has 0 bridgehead atoms. The highest BCUT2D eigenvalue weighted by Crippen LogP contribution is 2.41. The van der Waals surface area contributed by atoms with Gasteiger partial charge in [-0.25, -0.2) is 4.68 Å². The number of amides is 2. The van der Waals surface area contributed by atoms with Crippen molar-refractivity contribution in [1.29, 1.82) is 0 Å². The number of hydrogen-bond donors (Lipinski definition) is 2. The van der Waals surface area contributed by atoms with E-state index in [9.17, 15) is 9.59 Å². The van der Waals surface area contributed by atoms with Crippen LogP contribution in [0, 0.1) is 13.8 Å². The van der Waals surface area contributed by atoms with Crippen LogP contribution < -0.4 is 20.1 Å². The molecule has 0 fully saturated rings. The minimum Gasteiger partial charge on any atom is -0.493 e. The summed E-state index contributed by atoms with van der Waals surface area (Å²) in [6.07, 6.45) is 0.656. The zero-order chi connectivity index (χ0) is 23.7. The molecule has 0 aliphatic carbocycles. The predicted molar refractivity (Wildman–Crippen MR) is 127 cm³/mol. The van der Waals surface area contributed by atoms with Gasteiger partial charge in [-0.2, -0.15) is 5.10 Å². The molecule has 8 heteroatoms. The summed E-state index contributed by atoms with van der Waals surface area (Å²) < 4.78 is 12.4. The van der Waals surface area contributed by atoms with Crippen molar-refractivity contribution >= 4 is 23.3 Å². The van der Waals surface area contributed by atoms with Crippen LogP contribution in [-0.4, -0.2) is 35.8 Å². The van der Waals surface area contributed by atoms with Crippen LogP contribution in [-0.2, 0) is 16.0 Å². The fourth-order valence-electron chi connectivity index (χ4n) is 4.29. The van der Waals surface area contributed by atoms with Gasteiger partial charge in [0.2, 0.25) is 5.91 Å². The Balaban J connectivity index is 1.64. The Bertz CT molecular complexity index is 1210. The number of hydrogen-bond acceptors (Lipinski definition) is 5. The van der Waals surface area contributed by atoms with Crippen molar-refractivity contribution in [2.24, 2.45) is 0 Å². The first-order chi connectivity index (χ1) is 15.8. The van der Waals surface area contributed by atoms with Gasteiger partial charge in [-0.15, -0.1) is 0 Å².